The minimum absolute atomic E-state index is 0.0710. The quantitative estimate of drug-likeness (QED) is 0.833. The zero-order valence-electron chi connectivity index (χ0n) is 9.95. The van der Waals surface area contributed by atoms with E-state index in [-0.39, 0.29) is 17.6 Å². The molecule has 4 nitrogen and oxygen atoms in total. The molecule has 5 heteroatoms. The van der Waals surface area contributed by atoms with Gasteiger partial charge in [0.15, 0.2) is 0 Å². The highest BCUT2D eigenvalue weighted by molar-refractivity contribution is 8.00. The molecule has 0 saturated carbocycles. The minimum Gasteiger partial charge on any atom is -0.358 e. The van der Waals surface area contributed by atoms with E-state index in [2.05, 4.69) is 10.6 Å². The number of anilines is 1. The summed E-state index contributed by atoms with van der Waals surface area (Å²) in [4.78, 5) is 22.5. The van der Waals surface area contributed by atoms with E-state index < -0.39 is 0 Å². The van der Waals surface area contributed by atoms with Gasteiger partial charge in [0.05, 0.1) is 11.5 Å². The summed E-state index contributed by atoms with van der Waals surface area (Å²) in [5.74, 6) is 0.418. The van der Waals surface area contributed by atoms with Crippen LogP contribution in [-0.2, 0) is 9.59 Å². The summed E-state index contributed by atoms with van der Waals surface area (Å²) in [7, 11) is 1.58. The number of rotatable bonds is 5. The molecule has 0 bridgehead atoms. The maximum Gasteiger partial charge on any atom is 0.234 e. The first kappa shape index (κ1) is 13.6. The normalized spacial score (nSPS) is 9.76. The van der Waals surface area contributed by atoms with Crippen LogP contribution in [0.2, 0.25) is 0 Å². The molecule has 0 spiro atoms. The Balaban J connectivity index is 2.32. The van der Waals surface area contributed by atoms with Gasteiger partial charge in [0, 0.05) is 12.7 Å². The number of aryl methyl sites for hydroxylation is 1. The summed E-state index contributed by atoms with van der Waals surface area (Å²) < 4.78 is 0. The highest BCUT2D eigenvalue weighted by Crippen LogP contribution is 2.10. The van der Waals surface area contributed by atoms with Gasteiger partial charge in [-0.05, 0) is 24.6 Å². The molecule has 0 unspecified atom stereocenters. The fourth-order valence-corrected chi connectivity index (χ4v) is 1.92. The number of hydrogen-bond donors (Lipinski definition) is 2. The van der Waals surface area contributed by atoms with Crippen LogP contribution in [0.1, 0.15) is 5.56 Å². The van der Waals surface area contributed by atoms with Crippen molar-refractivity contribution in [1.82, 2.24) is 5.32 Å². The second kappa shape index (κ2) is 6.96. The van der Waals surface area contributed by atoms with Crippen molar-refractivity contribution < 1.29 is 9.59 Å². The molecular formula is C12H16N2O2S. The first-order valence-electron chi connectivity index (χ1n) is 5.26. The Labute approximate surface area is 105 Å². The van der Waals surface area contributed by atoms with Gasteiger partial charge in [-0.1, -0.05) is 12.1 Å². The summed E-state index contributed by atoms with van der Waals surface area (Å²) in [6.45, 7) is 1.97. The lowest BCUT2D eigenvalue weighted by Gasteiger charge is -2.05. The van der Waals surface area contributed by atoms with Gasteiger partial charge in [-0.25, -0.2) is 0 Å². The molecule has 92 valence electrons. The van der Waals surface area contributed by atoms with E-state index in [9.17, 15) is 9.59 Å². The number of thioether (sulfide) groups is 1. The lowest BCUT2D eigenvalue weighted by atomic mass is 10.2. The first-order valence-corrected chi connectivity index (χ1v) is 6.42. The van der Waals surface area contributed by atoms with Crippen LogP contribution in [0.15, 0.2) is 24.3 Å². The second-order valence-electron chi connectivity index (χ2n) is 3.58. The molecule has 0 aliphatic carbocycles. The fourth-order valence-electron chi connectivity index (χ4n) is 1.23. The third-order valence-electron chi connectivity index (χ3n) is 2.05. The fraction of sp³-hybridized carbons (Fsp3) is 0.333. The number of carbonyl (C=O) groups is 2. The maximum absolute atomic E-state index is 11.5. The van der Waals surface area contributed by atoms with E-state index in [1.807, 2.05) is 31.2 Å². The van der Waals surface area contributed by atoms with Crippen molar-refractivity contribution in [1.29, 1.82) is 0 Å². The number of amides is 2. The van der Waals surface area contributed by atoms with Crippen LogP contribution in [0.3, 0.4) is 0 Å². The Kier molecular flexibility index (Phi) is 5.56. The lowest BCUT2D eigenvalue weighted by molar-refractivity contribution is -0.118. The van der Waals surface area contributed by atoms with E-state index in [0.717, 1.165) is 11.3 Å². The van der Waals surface area contributed by atoms with Crippen molar-refractivity contribution in [3.63, 3.8) is 0 Å². The third kappa shape index (κ3) is 5.40. The molecule has 0 atom stereocenters. The number of hydrogen-bond acceptors (Lipinski definition) is 3. The van der Waals surface area contributed by atoms with Gasteiger partial charge in [0.25, 0.3) is 0 Å². The Bertz CT molecular complexity index is 407. The monoisotopic (exact) mass is 252 g/mol. The summed E-state index contributed by atoms with van der Waals surface area (Å²) >= 11 is 1.29. The molecule has 1 rings (SSSR count). The van der Waals surface area contributed by atoms with Crippen LogP contribution in [0.4, 0.5) is 5.69 Å². The van der Waals surface area contributed by atoms with Crippen molar-refractivity contribution in [2.45, 2.75) is 6.92 Å². The highest BCUT2D eigenvalue weighted by Gasteiger charge is 2.04. The Morgan fingerprint density at radius 3 is 2.59 bits per heavy atom. The van der Waals surface area contributed by atoms with Crippen molar-refractivity contribution in [3.05, 3.63) is 29.8 Å². The zero-order chi connectivity index (χ0) is 12.7. The summed E-state index contributed by atoms with van der Waals surface area (Å²) in [6, 6.07) is 7.61. The second-order valence-corrected chi connectivity index (χ2v) is 4.57. The molecule has 17 heavy (non-hydrogen) atoms. The molecule has 1 aromatic rings. The molecule has 0 aromatic heterocycles. The van der Waals surface area contributed by atoms with Gasteiger partial charge in [-0.2, -0.15) is 0 Å². The van der Waals surface area contributed by atoms with Gasteiger partial charge in [-0.15, -0.1) is 11.8 Å². The topological polar surface area (TPSA) is 58.2 Å². The van der Waals surface area contributed by atoms with Crippen LogP contribution in [0.25, 0.3) is 0 Å². The van der Waals surface area contributed by atoms with Crippen molar-refractivity contribution in [3.8, 4) is 0 Å². The first-order chi connectivity index (χ1) is 8.11. The van der Waals surface area contributed by atoms with Crippen LogP contribution in [0.5, 0.6) is 0 Å². The molecule has 0 heterocycles. The summed E-state index contributed by atoms with van der Waals surface area (Å²) in [5, 5.41) is 5.29. The van der Waals surface area contributed by atoms with E-state index >= 15 is 0 Å². The Morgan fingerprint density at radius 2 is 1.94 bits per heavy atom. The number of nitrogens with one attached hydrogen (secondary N) is 2. The molecule has 0 aliphatic heterocycles. The zero-order valence-corrected chi connectivity index (χ0v) is 10.8. The molecule has 0 saturated heterocycles. The summed E-state index contributed by atoms with van der Waals surface area (Å²) in [5.41, 5.74) is 1.89. The average molecular weight is 252 g/mol. The van der Waals surface area contributed by atoms with E-state index in [1.165, 1.54) is 11.8 Å². The van der Waals surface area contributed by atoms with Crippen molar-refractivity contribution in [2.24, 2.45) is 0 Å². The van der Waals surface area contributed by atoms with Gasteiger partial charge in [-0.3, -0.25) is 9.59 Å². The molecule has 0 fully saturated rings. The average Bonchev–Trinajstić information content (AvgIpc) is 2.28. The van der Waals surface area contributed by atoms with E-state index in [0.29, 0.717) is 5.75 Å². The largest absolute Gasteiger partial charge is 0.358 e. The molecule has 2 amide bonds. The van der Waals surface area contributed by atoms with Crippen LogP contribution in [0, 0.1) is 6.92 Å². The minimum atomic E-state index is -0.0931. The smallest absolute Gasteiger partial charge is 0.234 e. The van der Waals surface area contributed by atoms with Crippen molar-refractivity contribution >= 4 is 29.3 Å². The van der Waals surface area contributed by atoms with Gasteiger partial charge in [0.1, 0.15) is 0 Å². The number of benzene rings is 1. The predicted octanol–water partition coefficient (Wildman–Crippen LogP) is 1.41. The van der Waals surface area contributed by atoms with Gasteiger partial charge in [0.2, 0.25) is 11.8 Å². The SMILES string of the molecule is CNC(=O)CSCC(=O)Nc1cccc(C)c1. The van der Waals surface area contributed by atoms with Crippen LogP contribution >= 0.6 is 11.8 Å². The van der Waals surface area contributed by atoms with Crippen LogP contribution < -0.4 is 10.6 Å². The lowest BCUT2D eigenvalue weighted by Crippen LogP contribution is -2.21. The van der Waals surface area contributed by atoms with Crippen LogP contribution in [-0.4, -0.2) is 30.4 Å². The molecule has 2 N–H and O–H groups in total. The number of carbonyl (C=O) groups excluding carboxylic acids is 2. The van der Waals surface area contributed by atoms with E-state index in [1.54, 1.807) is 7.05 Å². The summed E-state index contributed by atoms with van der Waals surface area (Å²) in [6.07, 6.45) is 0. The Morgan fingerprint density at radius 1 is 1.24 bits per heavy atom. The van der Waals surface area contributed by atoms with Crippen molar-refractivity contribution in [2.75, 3.05) is 23.9 Å². The molecule has 0 aliphatic rings. The molecule has 0 radical (unpaired) electrons. The third-order valence-corrected chi connectivity index (χ3v) is 2.98. The van der Waals surface area contributed by atoms with E-state index in [4.69, 9.17) is 0 Å². The molecule has 1 aromatic carbocycles. The van der Waals surface area contributed by atoms with Gasteiger partial charge < -0.3 is 10.6 Å². The molecular weight excluding hydrogens is 236 g/mol. The standard InChI is InChI=1S/C12H16N2O2S/c1-9-4-3-5-10(6-9)14-12(16)8-17-7-11(15)13-2/h3-6H,7-8H2,1-2H3,(H,13,15)(H,14,16). The highest BCUT2D eigenvalue weighted by atomic mass is 32.2. The Hall–Kier alpha value is -1.49. The maximum atomic E-state index is 11.5. The van der Waals surface area contributed by atoms with Gasteiger partial charge >= 0.3 is 0 Å². The predicted molar refractivity (Wildman–Crippen MR) is 71.2 cm³/mol.